The molecule has 0 aliphatic rings. The molecule has 0 N–H and O–H groups in total. The first kappa shape index (κ1) is 14.5. The van der Waals surface area contributed by atoms with Crippen molar-refractivity contribution >= 4 is 33.5 Å². The largest absolute Gasteiger partial charge is 0.252 e. The Morgan fingerprint density at radius 3 is 2.43 bits per heavy atom. The minimum atomic E-state index is 1.06. The van der Waals surface area contributed by atoms with Crippen LogP contribution in [0.4, 0.5) is 0 Å². The summed E-state index contributed by atoms with van der Waals surface area (Å²) >= 11 is 2.47. The molecule has 0 bridgehead atoms. The molecular weight excluding hydrogens is 369 g/mol. The van der Waals surface area contributed by atoms with E-state index in [1.54, 1.807) is 0 Å². The second-order valence-corrected chi connectivity index (χ2v) is 6.31. The van der Waals surface area contributed by atoms with Crippen LogP contribution in [0.25, 0.3) is 22.0 Å². The number of aromatic nitrogens is 1. The lowest BCUT2D eigenvalue weighted by molar-refractivity contribution is 0.777. The van der Waals surface area contributed by atoms with E-state index in [1.807, 2.05) is 0 Å². The first-order valence-electron chi connectivity index (χ1n) is 7.43. The fraction of sp³-hybridized carbons (Fsp3) is 0.211. The Bertz CT molecular complexity index is 750. The molecular formula is C19H18IN. The molecule has 2 aromatic carbocycles. The van der Waals surface area contributed by atoms with Gasteiger partial charge in [0.1, 0.15) is 0 Å². The average Bonchev–Trinajstić information content (AvgIpc) is 2.54. The molecule has 0 aliphatic heterocycles. The van der Waals surface area contributed by atoms with Crippen LogP contribution in [-0.2, 0) is 6.42 Å². The Labute approximate surface area is 139 Å². The quantitative estimate of drug-likeness (QED) is 0.512. The molecule has 1 aromatic heterocycles. The van der Waals surface area contributed by atoms with Crippen LogP contribution in [0, 0.1) is 3.57 Å². The van der Waals surface area contributed by atoms with Gasteiger partial charge >= 0.3 is 0 Å². The number of hydrogen-bond donors (Lipinski definition) is 0. The summed E-state index contributed by atoms with van der Waals surface area (Å²) in [5.74, 6) is 0. The lowest BCUT2D eigenvalue weighted by Gasteiger charge is -2.13. The summed E-state index contributed by atoms with van der Waals surface area (Å²) < 4.78 is 1.30. The highest BCUT2D eigenvalue weighted by Gasteiger charge is 2.13. The van der Waals surface area contributed by atoms with E-state index in [0.29, 0.717) is 0 Å². The summed E-state index contributed by atoms with van der Waals surface area (Å²) in [6.07, 6.45) is 3.44. The zero-order valence-corrected chi connectivity index (χ0v) is 14.3. The predicted octanol–water partition coefficient (Wildman–Crippen LogP) is 5.85. The molecule has 0 saturated carbocycles. The van der Waals surface area contributed by atoms with Crippen molar-refractivity contribution < 1.29 is 0 Å². The number of benzene rings is 2. The Balaban J connectivity index is 2.27. The maximum Gasteiger partial charge on any atom is 0.0712 e. The molecule has 0 atom stereocenters. The van der Waals surface area contributed by atoms with Crippen LogP contribution < -0.4 is 0 Å². The Hall–Kier alpha value is -1.42. The number of para-hydroxylation sites is 1. The first-order chi connectivity index (χ1) is 10.3. The molecule has 1 heterocycles. The smallest absolute Gasteiger partial charge is 0.0712 e. The summed E-state index contributed by atoms with van der Waals surface area (Å²) in [6.45, 7) is 2.23. The van der Waals surface area contributed by atoms with Gasteiger partial charge in [0.05, 0.1) is 11.2 Å². The van der Waals surface area contributed by atoms with E-state index < -0.39 is 0 Å². The number of nitrogens with zero attached hydrogens (tertiary/aromatic N) is 1. The van der Waals surface area contributed by atoms with Gasteiger partial charge < -0.3 is 0 Å². The molecule has 3 aromatic rings. The van der Waals surface area contributed by atoms with E-state index >= 15 is 0 Å². The van der Waals surface area contributed by atoms with Crippen LogP contribution in [-0.4, -0.2) is 4.98 Å². The monoisotopic (exact) mass is 387 g/mol. The summed E-state index contributed by atoms with van der Waals surface area (Å²) in [5, 5.41) is 1.24. The maximum absolute atomic E-state index is 4.89. The van der Waals surface area contributed by atoms with Crippen LogP contribution in [0.2, 0.25) is 0 Å². The van der Waals surface area contributed by atoms with Crippen molar-refractivity contribution in [1.29, 1.82) is 0 Å². The third kappa shape index (κ3) is 2.95. The van der Waals surface area contributed by atoms with Gasteiger partial charge in [-0.1, -0.05) is 61.9 Å². The lowest BCUT2D eigenvalue weighted by Crippen LogP contribution is -1.99. The van der Waals surface area contributed by atoms with Gasteiger partial charge in [0.2, 0.25) is 0 Å². The maximum atomic E-state index is 4.89. The Morgan fingerprint density at radius 2 is 1.67 bits per heavy atom. The lowest BCUT2D eigenvalue weighted by atomic mass is 9.99. The normalized spacial score (nSPS) is 11.0. The average molecular weight is 387 g/mol. The van der Waals surface area contributed by atoms with E-state index in [1.165, 1.54) is 38.6 Å². The minimum Gasteiger partial charge on any atom is -0.252 e. The number of hydrogen-bond acceptors (Lipinski definition) is 1. The SMILES string of the molecule is CCCCc1nc2ccccc2c(-c2ccccc2)c1I. The molecule has 21 heavy (non-hydrogen) atoms. The number of unbranched alkanes of at least 4 members (excludes halogenated alkanes) is 1. The highest BCUT2D eigenvalue weighted by atomic mass is 127. The van der Waals surface area contributed by atoms with Gasteiger partial charge in [0.15, 0.2) is 0 Å². The molecule has 0 spiro atoms. The number of pyridine rings is 1. The third-order valence-corrected chi connectivity index (χ3v) is 4.89. The zero-order chi connectivity index (χ0) is 14.7. The predicted molar refractivity (Wildman–Crippen MR) is 98.5 cm³/mol. The second kappa shape index (κ2) is 6.56. The van der Waals surface area contributed by atoms with Gasteiger partial charge in [-0.25, -0.2) is 0 Å². The van der Waals surface area contributed by atoms with Gasteiger partial charge in [0, 0.05) is 14.5 Å². The fourth-order valence-electron chi connectivity index (χ4n) is 2.64. The van der Waals surface area contributed by atoms with E-state index in [2.05, 4.69) is 84.1 Å². The molecule has 0 fully saturated rings. The van der Waals surface area contributed by atoms with E-state index in [9.17, 15) is 0 Å². The second-order valence-electron chi connectivity index (χ2n) is 5.23. The minimum absolute atomic E-state index is 1.06. The fourth-order valence-corrected chi connectivity index (χ4v) is 3.63. The van der Waals surface area contributed by atoms with Crippen molar-refractivity contribution in [2.45, 2.75) is 26.2 Å². The van der Waals surface area contributed by atoms with E-state index in [-0.39, 0.29) is 0 Å². The Kier molecular flexibility index (Phi) is 4.54. The molecule has 106 valence electrons. The third-order valence-electron chi connectivity index (χ3n) is 3.73. The first-order valence-corrected chi connectivity index (χ1v) is 8.51. The Morgan fingerprint density at radius 1 is 0.952 bits per heavy atom. The van der Waals surface area contributed by atoms with Crippen molar-refractivity contribution in [2.75, 3.05) is 0 Å². The van der Waals surface area contributed by atoms with Crippen LogP contribution in [0.1, 0.15) is 25.5 Å². The number of fused-ring (bicyclic) bond motifs is 1. The summed E-state index contributed by atoms with van der Waals surface area (Å²) in [6, 6.07) is 19.1. The molecule has 0 radical (unpaired) electrons. The molecule has 0 amide bonds. The van der Waals surface area contributed by atoms with Gasteiger partial charge in [-0.15, -0.1) is 0 Å². The highest BCUT2D eigenvalue weighted by molar-refractivity contribution is 14.1. The van der Waals surface area contributed by atoms with Crippen molar-refractivity contribution in [3.63, 3.8) is 0 Å². The van der Waals surface area contributed by atoms with Crippen LogP contribution in [0.15, 0.2) is 54.6 Å². The molecule has 2 heteroatoms. The van der Waals surface area contributed by atoms with Crippen molar-refractivity contribution in [3.05, 3.63) is 63.9 Å². The van der Waals surface area contributed by atoms with Gasteiger partial charge in [-0.3, -0.25) is 4.98 Å². The summed E-state index contributed by atoms with van der Waals surface area (Å²) in [7, 11) is 0. The van der Waals surface area contributed by atoms with E-state index in [0.717, 1.165) is 11.9 Å². The van der Waals surface area contributed by atoms with Crippen molar-refractivity contribution in [2.24, 2.45) is 0 Å². The van der Waals surface area contributed by atoms with Gasteiger partial charge in [0.25, 0.3) is 0 Å². The molecule has 3 rings (SSSR count). The van der Waals surface area contributed by atoms with Gasteiger partial charge in [-0.05, 0) is 47.1 Å². The highest BCUT2D eigenvalue weighted by Crippen LogP contribution is 2.34. The summed E-state index contributed by atoms with van der Waals surface area (Å²) in [4.78, 5) is 4.89. The molecule has 0 aliphatic carbocycles. The van der Waals surface area contributed by atoms with Crippen molar-refractivity contribution in [1.82, 2.24) is 4.98 Å². The molecule has 0 saturated heterocycles. The molecule has 0 unspecified atom stereocenters. The standard InChI is InChI=1S/C19H18IN/c1-2-3-12-17-19(20)18(14-9-5-4-6-10-14)15-11-7-8-13-16(15)21-17/h4-11,13H,2-3,12H2,1H3. The van der Waals surface area contributed by atoms with Gasteiger partial charge in [-0.2, -0.15) is 0 Å². The van der Waals surface area contributed by atoms with Crippen LogP contribution in [0.5, 0.6) is 0 Å². The number of rotatable bonds is 4. The van der Waals surface area contributed by atoms with Crippen molar-refractivity contribution in [3.8, 4) is 11.1 Å². The van der Waals surface area contributed by atoms with Crippen LogP contribution in [0.3, 0.4) is 0 Å². The number of halogens is 1. The number of aryl methyl sites for hydroxylation is 1. The summed E-state index contributed by atoms with van der Waals surface area (Å²) in [5.41, 5.74) is 4.93. The van der Waals surface area contributed by atoms with Crippen LogP contribution >= 0.6 is 22.6 Å². The van der Waals surface area contributed by atoms with E-state index in [4.69, 9.17) is 4.98 Å². The topological polar surface area (TPSA) is 12.9 Å². The zero-order valence-electron chi connectivity index (χ0n) is 12.1. The molecule has 1 nitrogen and oxygen atoms in total.